The number of nitrogens with zero attached hydrogens (tertiary/aromatic N) is 1. The molecule has 0 unspecified atom stereocenters. The number of benzene rings is 2. The molecule has 3 nitrogen and oxygen atoms in total. The number of hydrogen-bond acceptors (Lipinski definition) is 4. The van der Waals surface area contributed by atoms with Crippen molar-refractivity contribution in [3.05, 3.63) is 77.7 Å². The monoisotopic (exact) mass is 362 g/mol. The van der Waals surface area contributed by atoms with E-state index < -0.39 is 0 Å². The maximum atomic E-state index is 12.2. The van der Waals surface area contributed by atoms with Gasteiger partial charge in [0.25, 0.3) is 0 Å². The van der Waals surface area contributed by atoms with Crippen LogP contribution in [0.15, 0.2) is 72.1 Å². The zero-order chi connectivity index (χ0) is 17.1. The first-order chi connectivity index (χ1) is 12.3. The summed E-state index contributed by atoms with van der Waals surface area (Å²) in [7, 11) is 0. The van der Waals surface area contributed by atoms with Crippen molar-refractivity contribution in [2.75, 3.05) is 5.32 Å². The van der Waals surface area contributed by atoms with Crippen LogP contribution in [0.1, 0.15) is 5.56 Å². The number of thiophene rings is 1. The van der Waals surface area contributed by atoms with Crippen LogP contribution in [-0.4, -0.2) is 10.9 Å². The highest BCUT2D eigenvalue weighted by Gasteiger charge is 2.13. The predicted octanol–water partition coefficient (Wildman–Crippen LogP) is 5.68. The third-order valence-corrected chi connectivity index (χ3v) is 5.55. The number of para-hydroxylation sites is 1. The van der Waals surface area contributed by atoms with Crippen molar-refractivity contribution in [1.29, 1.82) is 0 Å². The fraction of sp³-hybridized carbons (Fsp3) is 0. The van der Waals surface area contributed by atoms with Gasteiger partial charge in [0.2, 0.25) is 5.91 Å². The van der Waals surface area contributed by atoms with Crippen LogP contribution >= 0.6 is 22.7 Å². The molecular formula is C20H14N2OS2. The Hall–Kier alpha value is -2.76. The molecule has 0 radical (unpaired) electrons. The van der Waals surface area contributed by atoms with Crippen LogP contribution < -0.4 is 5.32 Å². The van der Waals surface area contributed by atoms with E-state index in [2.05, 4.69) is 16.4 Å². The van der Waals surface area contributed by atoms with Crippen molar-refractivity contribution >= 4 is 49.9 Å². The first-order valence-corrected chi connectivity index (χ1v) is 9.47. The molecular weight excluding hydrogens is 348 g/mol. The van der Waals surface area contributed by atoms with Crippen LogP contribution in [0, 0.1) is 0 Å². The largest absolute Gasteiger partial charge is 0.314 e. The van der Waals surface area contributed by atoms with Crippen molar-refractivity contribution in [1.82, 2.24) is 4.98 Å². The molecule has 2 aromatic heterocycles. The first-order valence-electron chi connectivity index (χ1n) is 7.77. The van der Waals surface area contributed by atoms with Crippen LogP contribution in [0.3, 0.4) is 0 Å². The van der Waals surface area contributed by atoms with Gasteiger partial charge in [-0.1, -0.05) is 42.5 Å². The maximum Gasteiger partial charge on any atom is 0.249 e. The van der Waals surface area contributed by atoms with Gasteiger partial charge < -0.3 is 5.32 Å². The van der Waals surface area contributed by atoms with E-state index in [-0.39, 0.29) is 5.91 Å². The van der Waals surface area contributed by atoms with E-state index >= 15 is 0 Å². The minimum absolute atomic E-state index is 0.145. The fourth-order valence-corrected chi connectivity index (χ4v) is 4.30. The molecule has 1 N–H and O–H groups in total. The summed E-state index contributed by atoms with van der Waals surface area (Å²) < 4.78 is 1.14. The standard InChI is InChI=1S/C20H14N2OS2/c23-18(11-10-14-6-2-1-3-7-14)22-19-15(12-13-24-19)20-21-16-8-4-5-9-17(16)25-20/h1-13H,(H,22,23)/b11-10+. The molecule has 2 heterocycles. The Morgan fingerprint density at radius 3 is 2.64 bits per heavy atom. The summed E-state index contributed by atoms with van der Waals surface area (Å²) in [6.07, 6.45) is 3.36. The lowest BCUT2D eigenvalue weighted by molar-refractivity contribution is -0.111. The molecule has 2 aromatic carbocycles. The molecule has 4 aromatic rings. The van der Waals surface area contributed by atoms with Gasteiger partial charge in [-0.25, -0.2) is 4.98 Å². The summed E-state index contributed by atoms with van der Waals surface area (Å²) in [5.74, 6) is -0.145. The summed E-state index contributed by atoms with van der Waals surface area (Å²) in [5, 5.41) is 6.68. The number of carbonyl (C=O) groups excluding carboxylic acids is 1. The molecule has 1 amide bonds. The molecule has 0 aliphatic carbocycles. The van der Waals surface area contributed by atoms with E-state index in [1.807, 2.05) is 60.0 Å². The number of amides is 1. The number of rotatable bonds is 4. The number of thiazole rings is 1. The lowest BCUT2D eigenvalue weighted by atomic mass is 10.2. The Kier molecular flexibility index (Phi) is 4.41. The topological polar surface area (TPSA) is 42.0 Å². The Labute approximate surface area is 153 Å². The van der Waals surface area contributed by atoms with E-state index in [0.717, 1.165) is 31.4 Å². The van der Waals surface area contributed by atoms with Crippen molar-refractivity contribution in [3.8, 4) is 10.6 Å². The summed E-state index contributed by atoms with van der Waals surface area (Å²) in [6.45, 7) is 0. The second-order valence-electron chi connectivity index (χ2n) is 5.38. The van der Waals surface area contributed by atoms with Crippen molar-refractivity contribution in [2.24, 2.45) is 0 Å². The van der Waals surface area contributed by atoms with Gasteiger partial charge in [0, 0.05) is 11.6 Å². The van der Waals surface area contributed by atoms with Crippen LogP contribution in [0.25, 0.3) is 26.9 Å². The van der Waals surface area contributed by atoms with Crippen LogP contribution in [0.2, 0.25) is 0 Å². The second kappa shape index (κ2) is 7.01. The summed E-state index contributed by atoms with van der Waals surface area (Å²) in [6, 6.07) is 19.8. The fourth-order valence-electron chi connectivity index (χ4n) is 2.45. The molecule has 4 rings (SSSR count). The van der Waals surface area contributed by atoms with Gasteiger partial charge in [-0.05, 0) is 35.2 Å². The highest BCUT2D eigenvalue weighted by Crippen LogP contribution is 2.37. The highest BCUT2D eigenvalue weighted by molar-refractivity contribution is 7.22. The molecule has 0 fully saturated rings. The number of nitrogens with one attached hydrogen (secondary N) is 1. The van der Waals surface area contributed by atoms with E-state index in [1.165, 1.54) is 11.3 Å². The van der Waals surface area contributed by atoms with Crippen LogP contribution in [-0.2, 0) is 4.79 Å². The Morgan fingerprint density at radius 2 is 1.80 bits per heavy atom. The minimum atomic E-state index is -0.145. The number of anilines is 1. The van der Waals surface area contributed by atoms with Gasteiger partial charge >= 0.3 is 0 Å². The first kappa shape index (κ1) is 15.7. The molecule has 0 bridgehead atoms. The summed E-state index contributed by atoms with van der Waals surface area (Å²) >= 11 is 3.14. The molecule has 0 saturated heterocycles. The molecule has 122 valence electrons. The number of fused-ring (bicyclic) bond motifs is 1. The average molecular weight is 362 g/mol. The molecule has 0 spiro atoms. The maximum absolute atomic E-state index is 12.2. The number of hydrogen-bond donors (Lipinski definition) is 1. The van der Waals surface area contributed by atoms with Crippen molar-refractivity contribution < 1.29 is 4.79 Å². The van der Waals surface area contributed by atoms with Gasteiger partial charge in [-0.15, -0.1) is 22.7 Å². The number of aromatic nitrogens is 1. The van der Waals surface area contributed by atoms with Gasteiger partial charge in [-0.2, -0.15) is 0 Å². The molecule has 0 aliphatic heterocycles. The second-order valence-corrected chi connectivity index (χ2v) is 7.33. The van der Waals surface area contributed by atoms with Crippen molar-refractivity contribution in [3.63, 3.8) is 0 Å². The quantitative estimate of drug-likeness (QED) is 0.475. The van der Waals surface area contributed by atoms with E-state index in [4.69, 9.17) is 0 Å². The Bertz CT molecular complexity index is 1010. The third-order valence-electron chi connectivity index (χ3n) is 3.65. The predicted molar refractivity (Wildman–Crippen MR) is 107 cm³/mol. The minimum Gasteiger partial charge on any atom is -0.314 e. The summed E-state index contributed by atoms with van der Waals surface area (Å²) in [5.41, 5.74) is 2.94. The van der Waals surface area contributed by atoms with Gasteiger partial charge in [0.15, 0.2) is 0 Å². The lowest BCUT2D eigenvalue weighted by Crippen LogP contribution is -2.07. The van der Waals surface area contributed by atoms with E-state index in [1.54, 1.807) is 23.5 Å². The van der Waals surface area contributed by atoms with Crippen LogP contribution in [0.5, 0.6) is 0 Å². The Morgan fingerprint density at radius 1 is 1.00 bits per heavy atom. The van der Waals surface area contributed by atoms with Gasteiger partial charge in [0.1, 0.15) is 10.0 Å². The normalized spacial score (nSPS) is 11.2. The van der Waals surface area contributed by atoms with Gasteiger partial charge in [0.05, 0.1) is 10.2 Å². The lowest BCUT2D eigenvalue weighted by Gasteiger charge is -2.01. The summed E-state index contributed by atoms with van der Waals surface area (Å²) in [4.78, 5) is 16.9. The zero-order valence-electron chi connectivity index (χ0n) is 13.2. The molecule has 0 saturated carbocycles. The molecule has 0 aliphatic rings. The molecule has 0 atom stereocenters. The van der Waals surface area contributed by atoms with Crippen molar-refractivity contribution in [2.45, 2.75) is 0 Å². The molecule has 5 heteroatoms. The third kappa shape index (κ3) is 3.52. The van der Waals surface area contributed by atoms with Gasteiger partial charge in [-0.3, -0.25) is 4.79 Å². The van der Waals surface area contributed by atoms with E-state index in [9.17, 15) is 4.79 Å². The SMILES string of the molecule is O=C(/C=C/c1ccccc1)Nc1sccc1-c1nc2ccccc2s1. The number of carbonyl (C=O) groups is 1. The average Bonchev–Trinajstić information content (AvgIpc) is 3.27. The van der Waals surface area contributed by atoms with E-state index in [0.29, 0.717) is 0 Å². The van der Waals surface area contributed by atoms with Crippen LogP contribution in [0.4, 0.5) is 5.00 Å². The molecule has 25 heavy (non-hydrogen) atoms. The highest BCUT2D eigenvalue weighted by atomic mass is 32.1. The smallest absolute Gasteiger partial charge is 0.249 e. The Balaban J connectivity index is 1.55. The zero-order valence-corrected chi connectivity index (χ0v) is 14.8.